The monoisotopic (exact) mass is 256 g/mol. The van der Waals surface area contributed by atoms with Crippen LogP contribution in [0.4, 0.5) is 0 Å². The highest BCUT2D eigenvalue weighted by molar-refractivity contribution is 5.84. The normalized spacial score (nSPS) is 23.9. The summed E-state index contributed by atoms with van der Waals surface area (Å²) in [6.45, 7) is 2.17. The molecule has 0 radical (unpaired) electrons. The molecule has 2 atom stereocenters. The van der Waals surface area contributed by atoms with Gasteiger partial charge < -0.3 is 10.3 Å². The Kier molecular flexibility index (Phi) is 3.36. The lowest BCUT2D eigenvalue weighted by Crippen LogP contribution is -2.34. The molecule has 1 fully saturated rings. The van der Waals surface area contributed by atoms with Gasteiger partial charge in [0, 0.05) is 30.2 Å². The zero-order valence-corrected chi connectivity index (χ0v) is 12.0. The van der Waals surface area contributed by atoms with Crippen molar-refractivity contribution in [2.75, 3.05) is 0 Å². The molecule has 1 aromatic carbocycles. The first-order valence-electron chi connectivity index (χ1n) is 7.45. The molecule has 2 heteroatoms. The molecule has 1 heterocycles. The highest BCUT2D eigenvalue weighted by Crippen LogP contribution is 2.30. The topological polar surface area (TPSA) is 30.9 Å². The lowest BCUT2D eigenvalue weighted by atomic mass is 9.81. The molecule has 1 aliphatic carbocycles. The molecular formula is C17H24N2. The molecule has 0 spiro atoms. The summed E-state index contributed by atoms with van der Waals surface area (Å²) in [6.07, 6.45) is 8.60. The number of aryl methyl sites for hydroxylation is 2. The maximum Gasteiger partial charge on any atom is 0.0480 e. The molecule has 3 rings (SSSR count). The molecule has 1 saturated carbocycles. The fourth-order valence-corrected chi connectivity index (χ4v) is 3.52. The second-order valence-corrected chi connectivity index (χ2v) is 6.20. The standard InChI is InChI=1S/C17H24N2/c1-12-7-8-17-15(9-12)14(11-19(17)2)10-13-5-3-4-6-16(13)18/h7-9,11,13,16H,3-6,10,18H2,1-2H3. The zero-order chi connectivity index (χ0) is 13.4. The second-order valence-electron chi connectivity index (χ2n) is 6.20. The molecule has 2 nitrogen and oxygen atoms in total. The molecule has 1 aromatic heterocycles. The fourth-order valence-electron chi connectivity index (χ4n) is 3.52. The summed E-state index contributed by atoms with van der Waals surface area (Å²) in [5.41, 5.74) is 10.5. The van der Waals surface area contributed by atoms with E-state index in [1.54, 1.807) is 0 Å². The molecule has 19 heavy (non-hydrogen) atoms. The Bertz CT molecular complexity index is 582. The summed E-state index contributed by atoms with van der Waals surface area (Å²) in [5.74, 6) is 0.667. The van der Waals surface area contributed by atoms with Crippen LogP contribution in [0.25, 0.3) is 10.9 Å². The third kappa shape index (κ3) is 2.42. The minimum Gasteiger partial charge on any atom is -0.350 e. The molecule has 0 amide bonds. The van der Waals surface area contributed by atoms with Crippen molar-refractivity contribution < 1.29 is 0 Å². The number of hydrogen-bond acceptors (Lipinski definition) is 1. The largest absolute Gasteiger partial charge is 0.350 e. The summed E-state index contributed by atoms with van der Waals surface area (Å²) < 4.78 is 2.25. The number of hydrogen-bond donors (Lipinski definition) is 1. The SMILES string of the molecule is Cc1ccc2c(c1)c(CC1CCCCC1N)cn2C. The molecular weight excluding hydrogens is 232 g/mol. The van der Waals surface area contributed by atoms with Crippen LogP contribution in [-0.4, -0.2) is 10.6 Å². The summed E-state index contributed by atoms with van der Waals surface area (Å²) >= 11 is 0. The van der Waals surface area contributed by atoms with Crippen LogP contribution in [0.5, 0.6) is 0 Å². The maximum atomic E-state index is 6.30. The van der Waals surface area contributed by atoms with Crippen molar-refractivity contribution in [3.05, 3.63) is 35.5 Å². The first-order chi connectivity index (χ1) is 9.15. The quantitative estimate of drug-likeness (QED) is 0.875. The molecule has 0 aliphatic heterocycles. The van der Waals surface area contributed by atoms with Crippen molar-refractivity contribution in [2.24, 2.45) is 18.7 Å². The van der Waals surface area contributed by atoms with E-state index in [1.807, 2.05) is 0 Å². The fraction of sp³-hybridized carbons (Fsp3) is 0.529. The first-order valence-corrected chi connectivity index (χ1v) is 7.45. The number of nitrogens with zero attached hydrogens (tertiary/aromatic N) is 1. The lowest BCUT2D eigenvalue weighted by Gasteiger charge is -2.28. The number of fused-ring (bicyclic) bond motifs is 1. The van der Waals surface area contributed by atoms with E-state index >= 15 is 0 Å². The Morgan fingerprint density at radius 3 is 2.84 bits per heavy atom. The van der Waals surface area contributed by atoms with Gasteiger partial charge in [-0.05, 0) is 49.8 Å². The van der Waals surface area contributed by atoms with Crippen LogP contribution in [0.3, 0.4) is 0 Å². The second kappa shape index (κ2) is 5.01. The Labute approximate surface area is 115 Å². The van der Waals surface area contributed by atoms with Gasteiger partial charge in [-0.25, -0.2) is 0 Å². The van der Waals surface area contributed by atoms with Gasteiger partial charge in [0.1, 0.15) is 0 Å². The maximum absolute atomic E-state index is 6.30. The number of nitrogens with two attached hydrogens (primary N) is 1. The Morgan fingerprint density at radius 1 is 1.26 bits per heavy atom. The van der Waals surface area contributed by atoms with E-state index in [4.69, 9.17) is 5.73 Å². The molecule has 0 bridgehead atoms. The van der Waals surface area contributed by atoms with E-state index in [2.05, 4.69) is 42.9 Å². The van der Waals surface area contributed by atoms with Gasteiger partial charge in [-0.15, -0.1) is 0 Å². The van der Waals surface area contributed by atoms with Crippen LogP contribution in [0.15, 0.2) is 24.4 Å². The van der Waals surface area contributed by atoms with E-state index in [9.17, 15) is 0 Å². The Balaban J connectivity index is 1.94. The van der Waals surface area contributed by atoms with Crippen molar-refractivity contribution in [2.45, 2.75) is 45.1 Å². The number of aromatic nitrogens is 1. The van der Waals surface area contributed by atoms with Crippen LogP contribution in [0, 0.1) is 12.8 Å². The van der Waals surface area contributed by atoms with E-state index < -0.39 is 0 Å². The van der Waals surface area contributed by atoms with Crippen LogP contribution in [0.1, 0.15) is 36.8 Å². The number of rotatable bonds is 2. The average Bonchev–Trinajstić information content (AvgIpc) is 2.69. The average molecular weight is 256 g/mol. The summed E-state index contributed by atoms with van der Waals surface area (Å²) in [7, 11) is 2.14. The van der Waals surface area contributed by atoms with Crippen molar-refractivity contribution in [1.29, 1.82) is 0 Å². The van der Waals surface area contributed by atoms with E-state index in [0.29, 0.717) is 12.0 Å². The molecule has 1 aliphatic rings. The van der Waals surface area contributed by atoms with Gasteiger partial charge in [0.2, 0.25) is 0 Å². The van der Waals surface area contributed by atoms with Crippen LogP contribution in [0.2, 0.25) is 0 Å². The zero-order valence-electron chi connectivity index (χ0n) is 12.0. The van der Waals surface area contributed by atoms with Gasteiger partial charge in [-0.2, -0.15) is 0 Å². The van der Waals surface area contributed by atoms with Crippen molar-refractivity contribution in [1.82, 2.24) is 4.57 Å². The van der Waals surface area contributed by atoms with Gasteiger partial charge in [0.25, 0.3) is 0 Å². The predicted octanol–water partition coefficient (Wildman–Crippen LogP) is 3.55. The van der Waals surface area contributed by atoms with Gasteiger partial charge in [-0.3, -0.25) is 0 Å². The van der Waals surface area contributed by atoms with Crippen LogP contribution < -0.4 is 5.73 Å². The molecule has 0 saturated heterocycles. The van der Waals surface area contributed by atoms with Gasteiger partial charge >= 0.3 is 0 Å². The highest BCUT2D eigenvalue weighted by Gasteiger charge is 2.23. The summed E-state index contributed by atoms with van der Waals surface area (Å²) in [6, 6.07) is 7.14. The van der Waals surface area contributed by atoms with Gasteiger partial charge in [-0.1, -0.05) is 24.5 Å². The van der Waals surface area contributed by atoms with E-state index in [0.717, 1.165) is 6.42 Å². The first kappa shape index (κ1) is 12.7. The predicted molar refractivity (Wildman–Crippen MR) is 81.3 cm³/mol. The highest BCUT2D eigenvalue weighted by atomic mass is 14.9. The molecule has 2 N–H and O–H groups in total. The van der Waals surface area contributed by atoms with Gasteiger partial charge in [0.05, 0.1) is 0 Å². The van der Waals surface area contributed by atoms with E-state index in [1.165, 1.54) is 47.7 Å². The van der Waals surface area contributed by atoms with Crippen LogP contribution in [-0.2, 0) is 13.5 Å². The Morgan fingerprint density at radius 2 is 2.05 bits per heavy atom. The lowest BCUT2D eigenvalue weighted by molar-refractivity contribution is 0.307. The Hall–Kier alpha value is -1.28. The van der Waals surface area contributed by atoms with Gasteiger partial charge in [0.15, 0.2) is 0 Å². The summed E-state index contributed by atoms with van der Waals surface area (Å²) in [4.78, 5) is 0. The van der Waals surface area contributed by atoms with Crippen molar-refractivity contribution >= 4 is 10.9 Å². The number of benzene rings is 1. The van der Waals surface area contributed by atoms with Crippen molar-refractivity contribution in [3.63, 3.8) is 0 Å². The summed E-state index contributed by atoms with van der Waals surface area (Å²) in [5, 5.41) is 1.42. The molecule has 2 unspecified atom stereocenters. The minimum atomic E-state index is 0.397. The van der Waals surface area contributed by atoms with Crippen molar-refractivity contribution in [3.8, 4) is 0 Å². The third-order valence-corrected chi connectivity index (χ3v) is 4.68. The third-order valence-electron chi connectivity index (χ3n) is 4.68. The minimum absolute atomic E-state index is 0.397. The van der Waals surface area contributed by atoms with Crippen LogP contribution >= 0.6 is 0 Å². The molecule has 102 valence electrons. The van der Waals surface area contributed by atoms with E-state index in [-0.39, 0.29) is 0 Å². The smallest absolute Gasteiger partial charge is 0.0480 e. The molecule has 2 aromatic rings.